The maximum absolute atomic E-state index is 13.0. The van der Waals surface area contributed by atoms with Gasteiger partial charge in [-0.15, -0.1) is 0 Å². The molecule has 2 aromatic carbocycles. The van der Waals surface area contributed by atoms with Gasteiger partial charge in [-0.05, 0) is 24.3 Å². The Labute approximate surface area is 186 Å². The molecule has 0 spiro atoms. The number of fused-ring (bicyclic) bond motifs is 1. The summed E-state index contributed by atoms with van der Waals surface area (Å²) in [5, 5.41) is 8.69. The van der Waals surface area contributed by atoms with E-state index in [1.54, 1.807) is 0 Å². The molecule has 0 amide bonds. The van der Waals surface area contributed by atoms with Gasteiger partial charge in [0, 0.05) is 24.6 Å². The largest absolute Gasteiger partial charge is 0.481 e. The highest BCUT2D eigenvalue weighted by atomic mass is 32.2. The summed E-state index contributed by atoms with van der Waals surface area (Å²) >= 11 is 0. The number of anilines is 1. The van der Waals surface area contributed by atoms with E-state index in [0.717, 1.165) is 4.31 Å². The lowest BCUT2D eigenvalue weighted by Gasteiger charge is -2.31. The first kappa shape index (κ1) is 24.0. The molecule has 1 aliphatic heterocycles. The molecular weight excluding hydrogens is 463 g/mol. The van der Waals surface area contributed by atoms with Crippen molar-refractivity contribution in [3.05, 3.63) is 65.4 Å². The number of Topliss-reactive ketones (excluding diaryl/α,β-unsaturated/α-hetero) is 1. The minimum atomic E-state index is -4.80. The number of nitrogens with two attached hydrogens (primary N) is 1. The average Bonchev–Trinajstić information content (AvgIpc) is 2.75. The number of halogens is 3. The summed E-state index contributed by atoms with van der Waals surface area (Å²) in [6.45, 7) is 0. The van der Waals surface area contributed by atoms with E-state index >= 15 is 0 Å². The molecule has 3 N–H and O–H groups in total. The fraction of sp³-hybridized carbons (Fsp3) is 0.190. The predicted molar refractivity (Wildman–Crippen MR) is 114 cm³/mol. The second kappa shape index (κ2) is 8.70. The zero-order valence-electron chi connectivity index (χ0n) is 17.1. The molecule has 3 rings (SSSR count). The van der Waals surface area contributed by atoms with Crippen molar-refractivity contribution in [1.82, 2.24) is 0 Å². The SMILES string of the molecule is CN1c2cc(N=C(C=C(N)C(F)(F)F)c3ccc(C(=O)CCC(=O)O)cc3)ccc2S1(=O)=O. The number of aliphatic carboxylic acids is 1. The normalized spacial score (nSPS) is 15.6. The molecule has 174 valence electrons. The lowest BCUT2D eigenvalue weighted by atomic mass is 10.0. The fourth-order valence-corrected chi connectivity index (χ4v) is 4.29. The summed E-state index contributed by atoms with van der Waals surface area (Å²) in [6, 6.07) is 9.51. The van der Waals surface area contributed by atoms with Crippen LogP contribution in [-0.4, -0.2) is 44.2 Å². The Balaban J connectivity index is 2.00. The first-order chi connectivity index (χ1) is 15.3. The molecule has 1 aliphatic rings. The number of hydrogen-bond acceptors (Lipinski definition) is 6. The van der Waals surface area contributed by atoms with Crippen LogP contribution >= 0.6 is 0 Å². The number of carboxylic acids is 1. The zero-order valence-corrected chi connectivity index (χ0v) is 17.9. The number of sulfonamides is 1. The van der Waals surface area contributed by atoms with Crippen molar-refractivity contribution in [2.24, 2.45) is 10.7 Å². The highest BCUT2D eigenvalue weighted by Crippen LogP contribution is 2.41. The third-order valence-electron chi connectivity index (χ3n) is 4.86. The summed E-state index contributed by atoms with van der Waals surface area (Å²) in [5.74, 6) is -1.56. The smallest absolute Gasteiger partial charge is 0.430 e. The van der Waals surface area contributed by atoms with Crippen molar-refractivity contribution in [2.75, 3.05) is 11.4 Å². The Morgan fingerprint density at radius 2 is 1.70 bits per heavy atom. The molecule has 0 saturated heterocycles. The Morgan fingerprint density at radius 3 is 2.27 bits per heavy atom. The number of hydrogen-bond donors (Lipinski definition) is 2. The molecule has 8 nitrogen and oxygen atoms in total. The van der Waals surface area contributed by atoms with Crippen LogP contribution in [0.3, 0.4) is 0 Å². The summed E-state index contributed by atoms with van der Waals surface area (Å²) in [4.78, 5) is 27.0. The van der Waals surface area contributed by atoms with Crippen molar-refractivity contribution in [1.29, 1.82) is 0 Å². The number of carbonyl (C=O) groups is 2. The third kappa shape index (κ3) is 5.06. The van der Waals surface area contributed by atoms with Crippen LogP contribution in [0.5, 0.6) is 0 Å². The summed E-state index contributed by atoms with van der Waals surface area (Å²) < 4.78 is 63.9. The second-order valence-electron chi connectivity index (χ2n) is 7.11. The number of allylic oxidation sites excluding steroid dienone is 2. The van der Waals surface area contributed by atoms with Crippen molar-refractivity contribution in [2.45, 2.75) is 23.9 Å². The summed E-state index contributed by atoms with van der Waals surface area (Å²) in [6.07, 6.45) is -4.73. The van der Waals surface area contributed by atoms with E-state index in [-0.39, 0.29) is 40.3 Å². The molecule has 0 aliphatic carbocycles. The first-order valence-corrected chi connectivity index (χ1v) is 10.9. The van der Waals surface area contributed by atoms with Gasteiger partial charge in [-0.3, -0.25) is 13.9 Å². The maximum Gasteiger partial charge on any atom is 0.430 e. The third-order valence-corrected chi connectivity index (χ3v) is 6.68. The van der Waals surface area contributed by atoms with Crippen LogP contribution in [0, 0.1) is 0 Å². The molecule has 12 heteroatoms. The molecule has 0 aromatic heterocycles. The number of benzene rings is 2. The molecule has 1 heterocycles. The Morgan fingerprint density at radius 1 is 1.09 bits per heavy atom. The predicted octanol–water partition coefficient (Wildman–Crippen LogP) is 3.40. The number of aliphatic imine (C=N–C) groups is 1. The van der Waals surface area contributed by atoms with Crippen LogP contribution in [0.1, 0.15) is 28.8 Å². The van der Waals surface area contributed by atoms with Crippen LogP contribution in [0.25, 0.3) is 0 Å². The number of alkyl halides is 3. The van der Waals surface area contributed by atoms with Gasteiger partial charge in [0.2, 0.25) is 0 Å². The van der Waals surface area contributed by atoms with Crippen LogP contribution in [0.4, 0.5) is 24.5 Å². The van der Waals surface area contributed by atoms with Gasteiger partial charge in [0.25, 0.3) is 10.0 Å². The van der Waals surface area contributed by atoms with E-state index < -0.39 is 33.6 Å². The molecule has 0 saturated carbocycles. The number of ketones is 1. The monoisotopic (exact) mass is 481 g/mol. The van der Waals surface area contributed by atoms with Gasteiger partial charge in [-0.1, -0.05) is 24.3 Å². The number of nitrogens with zero attached hydrogens (tertiary/aromatic N) is 2. The van der Waals surface area contributed by atoms with Crippen LogP contribution in [0.15, 0.2) is 64.1 Å². The molecule has 0 unspecified atom stereocenters. The van der Waals surface area contributed by atoms with Gasteiger partial charge in [0.05, 0.1) is 23.5 Å². The molecule has 0 fully saturated rings. The van der Waals surface area contributed by atoms with Crippen molar-refractivity contribution in [3.8, 4) is 0 Å². The van der Waals surface area contributed by atoms with Crippen LogP contribution in [0.2, 0.25) is 0 Å². The topological polar surface area (TPSA) is 130 Å². The molecular formula is C21H18F3N3O5S. The van der Waals surface area contributed by atoms with Crippen molar-refractivity contribution in [3.63, 3.8) is 0 Å². The minimum Gasteiger partial charge on any atom is -0.481 e. The van der Waals surface area contributed by atoms with Gasteiger partial charge in [-0.25, -0.2) is 13.4 Å². The highest BCUT2D eigenvalue weighted by Gasteiger charge is 2.36. The second-order valence-corrected chi connectivity index (χ2v) is 9.05. The van der Waals surface area contributed by atoms with Gasteiger partial charge >= 0.3 is 12.1 Å². The van der Waals surface area contributed by atoms with Gasteiger partial charge in [0.15, 0.2) is 5.78 Å². The van der Waals surface area contributed by atoms with Crippen molar-refractivity contribution >= 4 is 38.9 Å². The lowest BCUT2D eigenvalue weighted by molar-refractivity contribution is -0.136. The van der Waals surface area contributed by atoms with Gasteiger partial charge in [-0.2, -0.15) is 13.2 Å². The van der Waals surface area contributed by atoms with E-state index in [1.165, 1.54) is 49.5 Å². The Hall–Kier alpha value is -3.67. The lowest BCUT2D eigenvalue weighted by Crippen LogP contribution is -2.36. The summed E-state index contributed by atoms with van der Waals surface area (Å²) in [5.41, 5.74) is 4.55. The number of carbonyl (C=O) groups excluding carboxylic acids is 1. The van der Waals surface area contributed by atoms with E-state index in [9.17, 15) is 31.2 Å². The molecule has 0 radical (unpaired) electrons. The molecule has 33 heavy (non-hydrogen) atoms. The minimum absolute atomic E-state index is 0.0834. The van der Waals surface area contributed by atoms with E-state index in [2.05, 4.69) is 4.99 Å². The maximum atomic E-state index is 13.0. The Kier molecular flexibility index (Phi) is 6.32. The molecule has 0 atom stereocenters. The quantitative estimate of drug-likeness (QED) is 0.461. The van der Waals surface area contributed by atoms with E-state index in [1.807, 2.05) is 0 Å². The van der Waals surface area contributed by atoms with Crippen LogP contribution in [-0.2, 0) is 14.8 Å². The molecule has 2 aromatic rings. The number of carboxylic acid groups (broad SMARTS) is 1. The van der Waals surface area contributed by atoms with Gasteiger partial charge < -0.3 is 10.8 Å². The average molecular weight is 481 g/mol. The van der Waals surface area contributed by atoms with E-state index in [0.29, 0.717) is 11.8 Å². The zero-order chi connectivity index (χ0) is 24.6. The molecule has 0 bridgehead atoms. The number of rotatable bonds is 7. The first-order valence-electron chi connectivity index (χ1n) is 9.42. The van der Waals surface area contributed by atoms with Crippen molar-refractivity contribution < 1.29 is 36.3 Å². The highest BCUT2D eigenvalue weighted by molar-refractivity contribution is 7.94. The Bertz CT molecular complexity index is 1280. The van der Waals surface area contributed by atoms with Gasteiger partial charge in [0.1, 0.15) is 10.6 Å². The standard InChI is InChI=1S/C21H18F3N3O5S/c1-27-16-10-14(6-8-18(16)33(27,31)32)26-15(11-19(25)21(22,23)24)12-2-4-13(5-3-12)17(28)7-9-20(29)30/h2-6,8,10-11H,7,9,25H2,1H3,(H,29,30). The van der Waals surface area contributed by atoms with Crippen LogP contribution < -0.4 is 10.0 Å². The fourth-order valence-electron chi connectivity index (χ4n) is 3.02. The summed E-state index contributed by atoms with van der Waals surface area (Å²) in [7, 11) is -2.20. The van der Waals surface area contributed by atoms with E-state index in [4.69, 9.17) is 10.8 Å².